The zero-order valence-corrected chi connectivity index (χ0v) is 12.4. The number of nitrogens with zero attached hydrogens (tertiary/aromatic N) is 3. The molecule has 1 N–H and O–H groups in total. The van der Waals surface area contributed by atoms with Gasteiger partial charge in [0.05, 0.1) is 6.20 Å². The second-order valence-corrected chi connectivity index (χ2v) is 4.19. The number of ether oxygens (including phenoxy) is 2. The van der Waals surface area contributed by atoms with E-state index in [9.17, 15) is 10.1 Å². The smallest absolute Gasteiger partial charge is 0.334 e. The lowest BCUT2D eigenvalue weighted by Gasteiger charge is -2.22. The van der Waals surface area contributed by atoms with Crippen molar-refractivity contribution in [2.45, 2.75) is 12.8 Å². The standard InChI is InChI=1S/C13H20N4O4/c1-14-8-12(17(18)19)16(10-13(20-2)21-3)9-11-5-4-6-15-7-11/h4-8,13-14H,9-10H2,1-3H3. The number of rotatable bonds is 9. The zero-order valence-electron chi connectivity index (χ0n) is 12.4. The van der Waals surface area contributed by atoms with Gasteiger partial charge in [0.15, 0.2) is 6.29 Å². The van der Waals surface area contributed by atoms with Crippen LogP contribution < -0.4 is 5.32 Å². The van der Waals surface area contributed by atoms with E-state index < -0.39 is 11.2 Å². The van der Waals surface area contributed by atoms with Gasteiger partial charge in [-0.3, -0.25) is 4.98 Å². The van der Waals surface area contributed by atoms with Crippen molar-refractivity contribution < 1.29 is 14.4 Å². The molecule has 8 nitrogen and oxygen atoms in total. The summed E-state index contributed by atoms with van der Waals surface area (Å²) in [6, 6.07) is 3.64. The van der Waals surface area contributed by atoms with E-state index in [4.69, 9.17) is 9.47 Å². The van der Waals surface area contributed by atoms with Gasteiger partial charge in [-0.05, 0) is 11.0 Å². The Bertz CT molecular complexity index is 462. The van der Waals surface area contributed by atoms with E-state index in [1.165, 1.54) is 20.4 Å². The first kappa shape index (κ1) is 16.9. The van der Waals surface area contributed by atoms with E-state index in [0.29, 0.717) is 6.54 Å². The second-order valence-electron chi connectivity index (χ2n) is 4.19. The molecule has 0 bridgehead atoms. The Kier molecular flexibility index (Phi) is 7.13. The lowest BCUT2D eigenvalue weighted by Crippen LogP contribution is -2.36. The lowest BCUT2D eigenvalue weighted by molar-refractivity contribution is -0.448. The summed E-state index contributed by atoms with van der Waals surface area (Å²) in [5.74, 6) is -0.0690. The molecule has 116 valence electrons. The number of nitrogens with one attached hydrogen (secondary N) is 1. The summed E-state index contributed by atoms with van der Waals surface area (Å²) in [5.41, 5.74) is 0.854. The summed E-state index contributed by atoms with van der Waals surface area (Å²) in [6.45, 7) is 0.544. The summed E-state index contributed by atoms with van der Waals surface area (Å²) in [6.07, 6.45) is 4.08. The average Bonchev–Trinajstić information content (AvgIpc) is 2.50. The molecule has 0 spiro atoms. The van der Waals surface area contributed by atoms with E-state index in [1.807, 2.05) is 6.07 Å². The van der Waals surface area contributed by atoms with Gasteiger partial charge in [-0.1, -0.05) is 6.07 Å². The van der Waals surface area contributed by atoms with Crippen molar-refractivity contribution in [1.29, 1.82) is 0 Å². The summed E-state index contributed by atoms with van der Waals surface area (Å²) >= 11 is 0. The largest absolute Gasteiger partial charge is 0.387 e. The Labute approximate surface area is 123 Å². The molecule has 0 atom stereocenters. The number of aromatic nitrogens is 1. The van der Waals surface area contributed by atoms with Crippen molar-refractivity contribution in [3.63, 3.8) is 0 Å². The first-order valence-electron chi connectivity index (χ1n) is 6.33. The van der Waals surface area contributed by atoms with E-state index in [0.717, 1.165) is 5.56 Å². The first-order valence-corrected chi connectivity index (χ1v) is 6.33. The molecule has 0 unspecified atom stereocenters. The molecule has 0 saturated heterocycles. The Morgan fingerprint density at radius 1 is 1.57 bits per heavy atom. The summed E-state index contributed by atoms with van der Waals surface area (Å²) < 4.78 is 10.3. The van der Waals surface area contributed by atoms with E-state index in [1.54, 1.807) is 30.4 Å². The minimum absolute atomic E-state index is 0.0690. The number of pyridine rings is 1. The van der Waals surface area contributed by atoms with Gasteiger partial charge in [0, 0.05) is 39.2 Å². The number of hydrogen-bond donors (Lipinski definition) is 1. The van der Waals surface area contributed by atoms with Crippen LogP contribution in [0.15, 0.2) is 36.5 Å². The van der Waals surface area contributed by atoms with E-state index >= 15 is 0 Å². The molecule has 0 aliphatic heterocycles. The van der Waals surface area contributed by atoms with Crippen molar-refractivity contribution in [3.05, 3.63) is 52.2 Å². The van der Waals surface area contributed by atoms with Crippen LogP contribution in [-0.2, 0) is 16.0 Å². The quantitative estimate of drug-likeness (QED) is 0.409. The molecule has 8 heteroatoms. The molecular formula is C13H20N4O4. The third-order valence-corrected chi connectivity index (χ3v) is 2.78. The highest BCUT2D eigenvalue weighted by Crippen LogP contribution is 2.12. The number of methoxy groups -OCH3 is 2. The highest BCUT2D eigenvalue weighted by atomic mass is 16.7. The number of hydrogen-bond acceptors (Lipinski definition) is 7. The molecule has 0 aromatic carbocycles. The fraction of sp³-hybridized carbons (Fsp3) is 0.462. The van der Waals surface area contributed by atoms with Crippen LogP contribution in [-0.4, -0.2) is 48.9 Å². The van der Waals surface area contributed by atoms with Crippen LogP contribution in [0.2, 0.25) is 0 Å². The normalized spacial score (nSPS) is 11.5. The minimum Gasteiger partial charge on any atom is -0.387 e. The number of nitro groups is 1. The highest BCUT2D eigenvalue weighted by molar-refractivity contribution is 5.09. The first-order chi connectivity index (χ1) is 10.1. The van der Waals surface area contributed by atoms with Gasteiger partial charge in [-0.25, -0.2) is 4.90 Å². The molecular weight excluding hydrogens is 276 g/mol. The predicted molar refractivity (Wildman–Crippen MR) is 76.6 cm³/mol. The molecule has 1 aromatic heterocycles. The van der Waals surface area contributed by atoms with Crippen LogP contribution in [0.5, 0.6) is 0 Å². The predicted octanol–water partition coefficient (Wildman–Crippen LogP) is 0.798. The Morgan fingerprint density at radius 2 is 2.29 bits per heavy atom. The average molecular weight is 296 g/mol. The van der Waals surface area contributed by atoms with Crippen molar-refractivity contribution in [2.24, 2.45) is 0 Å². The van der Waals surface area contributed by atoms with Crippen LogP contribution in [0.1, 0.15) is 5.56 Å². The van der Waals surface area contributed by atoms with Crippen molar-refractivity contribution in [2.75, 3.05) is 27.8 Å². The Morgan fingerprint density at radius 3 is 2.76 bits per heavy atom. The van der Waals surface area contributed by atoms with Crippen LogP contribution in [0.4, 0.5) is 0 Å². The maximum Gasteiger partial charge on any atom is 0.334 e. The third kappa shape index (κ3) is 5.36. The van der Waals surface area contributed by atoms with Crippen molar-refractivity contribution in [1.82, 2.24) is 15.2 Å². The maximum atomic E-state index is 11.2. The lowest BCUT2D eigenvalue weighted by atomic mass is 10.2. The molecule has 0 radical (unpaired) electrons. The van der Waals surface area contributed by atoms with Gasteiger partial charge in [0.2, 0.25) is 0 Å². The van der Waals surface area contributed by atoms with Gasteiger partial charge in [0.1, 0.15) is 13.1 Å². The summed E-state index contributed by atoms with van der Waals surface area (Å²) in [5, 5.41) is 13.9. The summed E-state index contributed by atoms with van der Waals surface area (Å²) in [4.78, 5) is 16.4. The van der Waals surface area contributed by atoms with Gasteiger partial charge in [-0.2, -0.15) is 0 Å². The fourth-order valence-corrected chi connectivity index (χ4v) is 1.76. The topological polar surface area (TPSA) is 89.8 Å². The molecule has 1 aromatic rings. The Hall–Kier alpha value is -2.19. The van der Waals surface area contributed by atoms with Crippen molar-refractivity contribution in [3.8, 4) is 0 Å². The van der Waals surface area contributed by atoms with Gasteiger partial charge < -0.3 is 24.9 Å². The monoisotopic (exact) mass is 296 g/mol. The van der Waals surface area contributed by atoms with E-state index in [-0.39, 0.29) is 12.4 Å². The van der Waals surface area contributed by atoms with Crippen LogP contribution in [0.25, 0.3) is 0 Å². The molecule has 0 aliphatic rings. The fourth-order valence-electron chi connectivity index (χ4n) is 1.76. The minimum atomic E-state index is -0.568. The van der Waals surface area contributed by atoms with Crippen LogP contribution in [0, 0.1) is 10.1 Å². The molecule has 0 saturated carbocycles. The third-order valence-electron chi connectivity index (χ3n) is 2.78. The molecule has 0 amide bonds. The second kappa shape index (κ2) is 8.88. The zero-order chi connectivity index (χ0) is 15.7. The maximum absolute atomic E-state index is 11.2. The van der Waals surface area contributed by atoms with Gasteiger partial charge >= 0.3 is 5.82 Å². The van der Waals surface area contributed by atoms with Gasteiger partial charge in [0.25, 0.3) is 0 Å². The molecule has 21 heavy (non-hydrogen) atoms. The molecule has 0 fully saturated rings. The van der Waals surface area contributed by atoms with Crippen molar-refractivity contribution >= 4 is 0 Å². The molecule has 0 aliphatic carbocycles. The SMILES string of the molecule is CNC=C(N(Cc1cccnc1)CC(OC)OC)[N+](=O)[O-]. The molecule has 1 heterocycles. The highest BCUT2D eigenvalue weighted by Gasteiger charge is 2.25. The van der Waals surface area contributed by atoms with Crippen LogP contribution in [0.3, 0.4) is 0 Å². The van der Waals surface area contributed by atoms with Gasteiger partial charge in [-0.15, -0.1) is 0 Å². The van der Waals surface area contributed by atoms with Crippen LogP contribution >= 0.6 is 0 Å². The molecule has 1 rings (SSSR count). The Balaban J connectivity index is 2.98. The summed E-state index contributed by atoms with van der Waals surface area (Å²) in [7, 11) is 4.59. The van der Waals surface area contributed by atoms with E-state index in [2.05, 4.69) is 10.3 Å².